The first kappa shape index (κ1) is 18.9. The van der Waals surface area contributed by atoms with Gasteiger partial charge in [0.15, 0.2) is 0 Å². The number of rotatable bonds is 1. The molecular weight excluding hydrogens is 191 g/mol. The minimum atomic E-state index is 0. The number of unbranched alkanes of at least 4 members (excludes halogenated alkanes) is 1. The van der Waals surface area contributed by atoms with Gasteiger partial charge in [0, 0.05) is 13.2 Å². The van der Waals surface area contributed by atoms with Crippen molar-refractivity contribution in [3.63, 3.8) is 0 Å². The van der Waals surface area contributed by atoms with Gasteiger partial charge in [-0.15, -0.1) is 0 Å². The predicted octanol–water partition coefficient (Wildman–Crippen LogP) is 1.76. The molecule has 92 valence electrons. The van der Waals surface area contributed by atoms with Gasteiger partial charge >= 0.3 is 18.9 Å². The van der Waals surface area contributed by atoms with Crippen LogP contribution in [0.25, 0.3) is 0 Å². The maximum atomic E-state index is 4.94. The molecule has 1 heterocycles. The molecule has 0 N–H and O–H groups in total. The second-order valence-electron chi connectivity index (χ2n) is 4.29. The molecule has 1 nitrogen and oxygen atoms in total. The van der Waals surface area contributed by atoms with E-state index in [4.69, 9.17) is 4.74 Å². The molecule has 0 aromatic heterocycles. The first-order valence-corrected chi connectivity index (χ1v) is 6.78. The van der Waals surface area contributed by atoms with E-state index < -0.39 is 0 Å². The molecule has 0 spiro atoms. The Bertz CT molecular complexity index is 77.8. The fraction of sp³-hybridized carbons (Fsp3) is 0.929. The van der Waals surface area contributed by atoms with Crippen molar-refractivity contribution in [1.82, 2.24) is 0 Å². The van der Waals surface area contributed by atoms with Gasteiger partial charge in [0.05, 0.1) is 0 Å². The smallest absolute Gasteiger partial charge is 0.381 e. The topological polar surface area (TPSA) is 9.23 Å². The normalized spacial score (nSPS) is 18.4. The second kappa shape index (κ2) is 17.9. The first-order valence-electron chi connectivity index (χ1n) is 6.78. The van der Waals surface area contributed by atoms with Crippen molar-refractivity contribution in [2.24, 2.45) is 0 Å². The van der Waals surface area contributed by atoms with Gasteiger partial charge in [-0.2, -0.15) is 6.42 Å². The molecule has 2 heteroatoms. The minimum Gasteiger partial charge on any atom is -0.381 e. The summed E-state index contributed by atoms with van der Waals surface area (Å²) in [6.45, 7) is 7.72. The molecule has 1 aliphatic carbocycles. The van der Waals surface area contributed by atoms with Crippen LogP contribution in [0.15, 0.2) is 0 Å². The van der Waals surface area contributed by atoms with Crippen molar-refractivity contribution < 1.29 is 23.6 Å². The van der Waals surface area contributed by atoms with Crippen LogP contribution in [0.3, 0.4) is 0 Å². The van der Waals surface area contributed by atoms with Crippen molar-refractivity contribution in [2.75, 3.05) is 13.2 Å². The van der Waals surface area contributed by atoms with E-state index in [0.29, 0.717) is 0 Å². The van der Waals surface area contributed by atoms with Gasteiger partial charge in [-0.25, -0.2) is 0 Å². The van der Waals surface area contributed by atoms with Crippen molar-refractivity contribution in [2.45, 2.75) is 71.1 Å². The summed E-state index contributed by atoms with van der Waals surface area (Å²) in [4.78, 5) is 0. The summed E-state index contributed by atoms with van der Waals surface area (Å²) in [5, 5.41) is 0. The Labute approximate surface area is 115 Å². The second-order valence-corrected chi connectivity index (χ2v) is 4.29. The summed E-state index contributed by atoms with van der Waals surface area (Å²) in [5.41, 5.74) is 0. The van der Waals surface area contributed by atoms with E-state index in [9.17, 15) is 0 Å². The molecule has 0 unspecified atom stereocenters. The molecule has 0 atom stereocenters. The van der Waals surface area contributed by atoms with Crippen LogP contribution in [0.2, 0.25) is 0 Å². The molecule has 0 bridgehead atoms. The van der Waals surface area contributed by atoms with Crippen molar-refractivity contribution in [3.05, 3.63) is 6.92 Å². The Morgan fingerprint density at radius 1 is 0.812 bits per heavy atom. The third kappa shape index (κ3) is 17.0. The molecule has 0 amide bonds. The molecule has 2 fully saturated rings. The monoisotopic (exact) mass is 220 g/mol. The fourth-order valence-corrected chi connectivity index (χ4v) is 1.57. The van der Waals surface area contributed by atoms with Gasteiger partial charge in [0.2, 0.25) is 0 Å². The van der Waals surface area contributed by atoms with Gasteiger partial charge in [-0.1, -0.05) is 51.9 Å². The van der Waals surface area contributed by atoms with Crippen LogP contribution in [-0.2, 0) is 4.74 Å². The van der Waals surface area contributed by atoms with Crippen LogP contribution in [0, 0.1) is 6.92 Å². The summed E-state index contributed by atoms with van der Waals surface area (Å²) in [6, 6.07) is 0. The van der Waals surface area contributed by atoms with Crippen LogP contribution in [0.5, 0.6) is 0 Å². The summed E-state index contributed by atoms with van der Waals surface area (Å²) in [5.74, 6) is 0. The van der Waals surface area contributed by atoms with E-state index in [0.717, 1.165) is 19.6 Å². The zero-order chi connectivity index (χ0) is 11.2. The first-order chi connectivity index (χ1) is 7.41. The zero-order valence-electron chi connectivity index (χ0n) is 11.6. The number of hydrogen-bond donors (Lipinski definition) is 0. The quantitative estimate of drug-likeness (QED) is 0.483. The summed E-state index contributed by atoms with van der Waals surface area (Å²) >= 11 is 0. The van der Waals surface area contributed by atoms with Crippen molar-refractivity contribution in [3.8, 4) is 0 Å². The van der Waals surface area contributed by atoms with Gasteiger partial charge in [-0.05, 0) is 12.8 Å². The Kier molecular flexibility index (Phi) is 21.2. The summed E-state index contributed by atoms with van der Waals surface area (Å²) in [7, 11) is 0. The molecule has 16 heavy (non-hydrogen) atoms. The third-order valence-corrected chi connectivity index (χ3v) is 2.68. The van der Waals surface area contributed by atoms with Gasteiger partial charge in [0.25, 0.3) is 0 Å². The van der Waals surface area contributed by atoms with E-state index in [1.54, 1.807) is 0 Å². The van der Waals surface area contributed by atoms with Crippen LogP contribution >= 0.6 is 0 Å². The van der Waals surface area contributed by atoms with E-state index >= 15 is 0 Å². The van der Waals surface area contributed by atoms with E-state index in [-0.39, 0.29) is 18.9 Å². The number of hydrogen-bond acceptors (Lipinski definition) is 1. The molecule has 2 rings (SSSR count). The van der Waals surface area contributed by atoms with E-state index in [1.807, 2.05) is 0 Å². The van der Waals surface area contributed by atoms with E-state index in [2.05, 4.69) is 13.8 Å². The fourth-order valence-electron chi connectivity index (χ4n) is 1.57. The summed E-state index contributed by atoms with van der Waals surface area (Å²) < 4.78 is 4.94. The maximum Gasteiger partial charge on any atom is 1.00 e. The largest absolute Gasteiger partial charge is 1.00 e. The van der Waals surface area contributed by atoms with Gasteiger partial charge in [-0.3, -0.25) is 0 Å². The average Bonchev–Trinajstić information content (AvgIpc) is 2.90. The van der Waals surface area contributed by atoms with Crippen LogP contribution in [0.1, 0.15) is 71.1 Å². The van der Waals surface area contributed by atoms with E-state index in [1.165, 1.54) is 57.8 Å². The SMILES string of the molecule is C1CCCCC1.C1CCOC1.[CH2-]CCC.[Li+]. The van der Waals surface area contributed by atoms with Crippen molar-refractivity contribution >= 4 is 0 Å². The maximum absolute atomic E-state index is 4.94. The minimum absolute atomic E-state index is 0. The molecular formula is C14H29LiO. The van der Waals surface area contributed by atoms with Gasteiger partial charge in [0.1, 0.15) is 0 Å². The predicted molar refractivity (Wildman–Crippen MR) is 68.0 cm³/mol. The standard InChI is InChI=1S/C6H12.C4H8O.C4H9.Li/c1-2-4-6-5-3-1;1-2-4-5-3-1;1-3-4-2;/h1-6H2;1-4H2;1,3-4H2,2H3;/q;;-1;+1. The van der Waals surface area contributed by atoms with Crippen molar-refractivity contribution in [1.29, 1.82) is 0 Å². The Balaban J connectivity index is 0. The number of ether oxygens (including phenoxy) is 1. The third-order valence-electron chi connectivity index (χ3n) is 2.68. The Morgan fingerprint density at radius 3 is 1.25 bits per heavy atom. The molecule has 2 aliphatic rings. The zero-order valence-corrected chi connectivity index (χ0v) is 11.6. The van der Waals surface area contributed by atoms with Crippen LogP contribution in [-0.4, -0.2) is 13.2 Å². The molecule has 0 aromatic carbocycles. The Hall–Kier alpha value is 0.557. The molecule has 0 radical (unpaired) electrons. The molecule has 1 aliphatic heterocycles. The summed E-state index contributed by atoms with van der Waals surface area (Å²) in [6.07, 6.45) is 13.8. The van der Waals surface area contributed by atoms with Gasteiger partial charge < -0.3 is 11.7 Å². The van der Waals surface area contributed by atoms with Crippen LogP contribution in [0.4, 0.5) is 0 Å². The molecule has 1 saturated carbocycles. The average molecular weight is 220 g/mol. The molecule has 1 saturated heterocycles. The molecule has 0 aromatic rings. The Morgan fingerprint density at radius 2 is 1.12 bits per heavy atom. The van der Waals surface area contributed by atoms with Crippen LogP contribution < -0.4 is 18.9 Å².